The largest absolute Gasteiger partial charge is 0.336 e. The molecule has 0 saturated carbocycles. The molecule has 0 spiro atoms. The predicted molar refractivity (Wildman–Crippen MR) is 72.2 cm³/mol. The lowest BCUT2D eigenvalue weighted by Gasteiger charge is -2.05. The summed E-state index contributed by atoms with van der Waals surface area (Å²) in [5.74, 6) is 0.274. The molecule has 8 heteroatoms. The molecule has 20 heavy (non-hydrogen) atoms. The molecule has 0 unspecified atom stereocenters. The first-order chi connectivity index (χ1) is 9.81. The smallest absolute Gasteiger partial charge is 0.321 e. The summed E-state index contributed by atoms with van der Waals surface area (Å²) in [4.78, 5) is 19.8. The Bertz CT molecular complexity index is 671. The minimum Gasteiger partial charge on any atom is -0.336 e. The van der Waals surface area contributed by atoms with Crippen molar-refractivity contribution in [2.24, 2.45) is 0 Å². The predicted octanol–water partition coefficient (Wildman–Crippen LogP) is 0.747. The van der Waals surface area contributed by atoms with Gasteiger partial charge in [0.1, 0.15) is 0 Å². The van der Waals surface area contributed by atoms with Crippen molar-refractivity contribution in [2.45, 2.75) is 6.54 Å². The van der Waals surface area contributed by atoms with Crippen LogP contribution in [0, 0.1) is 0 Å². The zero-order chi connectivity index (χ0) is 13.8. The van der Waals surface area contributed by atoms with Gasteiger partial charge in [-0.1, -0.05) is 6.07 Å². The summed E-state index contributed by atoms with van der Waals surface area (Å²) in [7, 11) is 0. The van der Waals surface area contributed by atoms with Crippen LogP contribution in [0.2, 0.25) is 0 Å². The molecule has 3 rings (SSSR count). The lowest BCUT2D eigenvalue weighted by molar-refractivity contribution is 0.251. The van der Waals surface area contributed by atoms with E-state index < -0.39 is 0 Å². The molecule has 8 nitrogen and oxygen atoms in total. The van der Waals surface area contributed by atoms with Gasteiger partial charge in [-0.25, -0.2) is 14.3 Å². The SMILES string of the molecule is O=C(NCCn1ccnc1)Nc1nc2ccccn2n1. The quantitative estimate of drug-likeness (QED) is 0.732. The van der Waals surface area contributed by atoms with Crippen molar-refractivity contribution in [2.75, 3.05) is 11.9 Å². The van der Waals surface area contributed by atoms with E-state index in [1.807, 2.05) is 29.0 Å². The Kier molecular flexibility index (Phi) is 3.27. The normalized spacial score (nSPS) is 10.6. The standard InChI is InChI=1S/C12H13N7O/c20-12(14-5-8-18-7-4-13-9-18)16-11-15-10-3-1-2-6-19(10)17-11/h1-4,6-7,9H,5,8H2,(H2,14,16,17,20). The van der Waals surface area contributed by atoms with Gasteiger partial charge in [-0.05, 0) is 12.1 Å². The maximum atomic E-state index is 11.7. The molecule has 0 fully saturated rings. The fourth-order valence-electron chi connectivity index (χ4n) is 1.75. The van der Waals surface area contributed by atoms with Gasteiger partial charge in [0.2, 0.25) is 0 Å². The lowest BCUT2D eigenvalue weighted by Crippen LogP contribution is -2.31. The average Bonchev–Trinajstić information content (AvgIpc) is 3.06. The van der Waals surface area contributed by atoms with E-state index in [0.717, 1.165) is 0 Å². The second-order valence-corrected chi connectivity index (χ2v) is 4.12. The van der Waals surface area contributed by atoms with Crippen LogP contribution in [0.25, 0.3) is 5.65 Å². The van der Waals surface area contributed by atoms with Crippen molar-refractivity contribution < 1.29 is 4.79 Å². The number of pyridine rings is 1. The first-order valence-electron chi connectivity index (χ1n) is 6.13. The number of rotatable bonds is 4. The summed E-state index contributed by atoms with van der Waals surface area (Å²) >= 11 is 0. The number of carbonyl (C=O) groups is 1. The highest BCUT2D eigenvalue weighted by Crippen LogP contribution is 2.03. The Hall–Kier alpha value is -2.90. The van der Waals surface area contributed by atoms with Crippen LogP contribution >= 0.6 is 0 Å². The van der Waals surface area contributed by atoms with Gasteiger partial charge in [0.15, 0.2) is 5.65 Å². The number of carbonyl (C=O) groups excluding carboxylic acids is 1. The molecule has 2 N–H and O–H groups in total. The highest BCUT2D eigenvalue weighted by atomic mass is 16.2. The highest BCUT2D eigenvalue weighted by Gasteiger charge is 2.06. The van der Waals surface area contributed by atoms with Crippen LogP contribution < -0.4 is 10.6 Å². The van der Waals surface area contributed by atoms with Gasteiger partial charge in [0, 0.05) is 31.7 Å². The van der Waals surface area contributed by atoms with Crippen molar-refractivity contribution in [3.63, 3.8) is 0 Å². The topological polar surface area (TPSA) is 89.1 Å². The van der Waals surface area contributed by atoms with Crippen LogP contribution in [-0.2, 0) is 6.54 Å². The molecule has 3 aromatic heterocycles. The third-order valence-electron chi connectivity index (χ3n) is 2.68. The number of anilines is 1. The monoisotopic (exact) mass is 271 g/mol. The Morgan fingerprint density at radius 3 is 3.05 bits per heavy atom. The van der Waals surface area contributed by atoms with Crippen molar-refractivity contribution in [1.82, 2.24) is 29.5 Å². The number of imidazole rings is 1. The zero-order valence-corrected chi connectivity index (χ0v) is 10.6. The van der Waals surface area contributed by atoms with Gasteiger partial charge >= 0.3 is 6.03 Å². The number of urea groups is 1. The first kappa shape index (κ1) is 12.2. The molecular formula is C12H13N7O. The summed E-state index contributed by atoms with van der Waals surface area (Å²) in [6.45, 7) is 1.15. The van der Waals surface area contributed by atoms with Crippen molar-refractivity contribution >= 4 is 17.6 Å². The van der Waals surface area contributed by atoms with E-state index in [4.69, 9.17) is 0 Å². The van der Waals surface area contributed by atoms with Crippen LogP contribution in [0.1, 0.15) is 0 Å². The summed E-state index contributed by atoms with van der Waals surface area (Å²) in [6, 6.07) is 5.19. The molecular weight excluding hydrogens is 258 g/mol. The maximum absolute atomic E-state index is 11.7. The number of fused-ring (bicyclic) bond motifs is 1. The van der Waals surface area contributed by atoms with Crippen LogP contribution in [0.3, 0.4) is 0 Å². The second-order valence-electron chi connectivity index (χ2n) is 4.12. The minimum absolute atomic E-state index is 0.274. The fraction of sp³-hybridized carbons (Fsp3) is 0.167. The van der Waals surface area contributed by atoms with E-state index >= 15 is 0 Å². The van der Waals surface area contributed by atoms with E-state index in [1.54, 1.807) is 23.2 Å². The van der Waals surface area contributed by atoms with Gasteiger partial charge in [0.05, 0.1) is 6.33 Å². The Morgan fingerprint density at radius 2 is 2.25 bits per heavy atom. The van der Waals surface area contributed by atoms with Crippen LogP contribution in [-0.4, -0.2) is 36.7 Å². The molecule has 0 radical (unpaired) electrons. The van der Waals surface area contributed by atoms with E-state index in [2.05, 4.69) is 25.7 Å². The van der Waals surface area contributed by atoms with Gasteiger partial charge in [-0.2, -0.15) is 4.98 Å². The molecule has 3 aromatic rings. The van der Waals surface area contributed by atoms with E-state index in [-0.39, 0.29) is 12.0 Å². The number of nitrogens with zero attached hydrogens (tertiary/aromatic N) is 5. The maximum Gasteiger partial charge on any atom is 0.321 e. The number of nitrogens with one attached hydrogen (secondary N) is 2. The molecule has 0 aliphatic heterocycles. The van der Waals surface area contributed by atoms with Crippen LogP contribution in [0.5, 0.6) is 0 Å². The molecule has 0 aliphatic carbocycles. The van der Waals surface area contributed by atoms with Gasteiger partial charge < -0.3 is 9.88 Å². The Morgan fingerprint density at radius 1 is 1.30 bits per heavy atom. The van der Waals surface area contributed by atoms with Gasteiger partial charge in [-0.3, -0.25) is 5.32 Å². The molecule has 0 bridgehead atoms. The number of aromatic nitrogens is 5. The molecule has 0 aliphatic rings. The molecule has 0 atom stereocenters. The van der Waals surface area contributed by atoms with E-state index in [9.17, 15) is 4.79 Å². The lowest BCUT2D eigenvalue weighted by atomic mass is 10.5. The Balaban J connectivity index is 1.53. The number of hydrogen-bond acceptors (Lipinski definition) is 4. The number of hydrogen-bond donors (Lipinski definition) is 2. The average molecular weight is 271 g/mol. The molecule has 3 heterocycles. The zero-order valence-electron chi connectivity index (χ0n) is 10.6. The number of amides is 2. The van der Waals surface area contributed by atoms with Gasteiger partial charge in [0.25, 0.3) is 5.95 Å². The third kappa shape index (κ3) is 2.74. The third-order valence-corrected chi connectivity index (χ3v) is 2.68. The Labute approximate surface area is 114 Å². The summed E-state index contributed by atoms with van der Waals surface area (Å²) < 4.78 is 3.48. The molecule has 0 saturated heterocycles. The van der Waals surface area contributed by atoms with Crippen molar-refractivity contribution in [3.05, 3.63) is 43.1 Å². The van der Waals surface area contributed by atoms with E-state index in [1.165, 1.54) is 0 Å². The summed E-state index contributed by atoms with van der Waals surface area (Å²) in [6.07, 6.45) is 7.00. The molecule has 102 valence electrons. The molecule has 0 aromatic carbocycles. The minimum atomic E-state index is -0.332. The first-order valence-corrected chi connectivity index (χ1v) is 6.13. The van der Waals surface area contributed by atoms with Crippen LogP contribution in [0.15, 0.2) is 43.1 Å². The van der Waals surface area contributed by atoms with E-state index in [0.29, 0.717) is 18.7 Å². The summed E-state index contributed by atoms with van der Waals surface area (Å²) in [5.41, 5.74) is 0.682. The van der Waals surface area contributed by atoms with Crippen LogP contribution in [0.4, 0.5) is 10.7 Å². The highest BCUT2D eigenvalue weighted by molar-refractivity contribution is 5.87. The fourth-order valence-corrected chi connectivity index (χ4v) is 1.75. The van der Waals surface area contributed by atoms with Crippen molar-refractivity contribution in [3.8, 4) is 0 Å². The van der Waals surface area contributed by atoms with Gasteiger partial charge in [-0.15, -0.1) is 5.10 Å². The van der Waals surface area contributed by atoms with Crippen molar-refractivity contribution in [1.29, 1.82) is 0 Å². The molecule has 2 amide bonds. The second kappa shape index (κ2) is 5.39. The summed E-state index contributed by atoms with van der Waals surface area (Å²) in [5, 5.41) is 9.45.